The molecule has 4 rings (SSSR count). The van der Waals surface area contributed by atoms with Gasteiger partial charge in [-0.15, -0.1) is 10.2 Å². The van der Waals surface area contributed by atoms with Gasteiger partial charge in [-0.25, -0.2) is 0 Å². The molecule has 0 unspecified atom stereocenters. The molecule has 148 valence electrons. The number of carbonyl (C=O) groups excluding carboxylic acids is 1. The lowest BCUT2D eigenvalue weighted by Crippen LogP contribution is -2.13. The van der Waals surface area contributed by atoms with Gasteiger partial charge in [0.25, 0.3) is 5.91 Å². The number of nitrogens with zero attached hydrogens (tertiary/aromatic N) is 4. The van der Waals surface area contributed by atoms with Crippen LogP contribution in [0.3, 0.4) is 0 Å². The van der Waals surface area contributed by atoms with Crippen molar-refractivity contribution in [2.45, 2.75) is 0 Å². The van der Waals surface area contributed by atoms with Gasteiger partial charge in [0, 0.05) is 17.6 Å². The van der Waals surface area contributed by atoms with Gasteiger partial charge >= 0.3 is 0 Å². The predicted octanol–water partition coefficient (Wildman–Crippen LogP) is 5.44. The molecule has 0 aliphatic rings. The second-order valence-electron chi connectivity index (χ2n) is 5.92. The van der Waals surface area contributed by atoms with E-state index >= 15 is 0 Å². The number of halogens is 2. The molecule has 1 aromatic carbocycles. The molecule has 3 aromatic heterocycles. The first kappa shape index (κ1) is 19.9. The Morgan fingerprint density at radius 2 is 2.07 bits per heavy atom. The number of hydrogen-bond acceptors (Lipinski definition) is 6. The minimum atomic E-state index is -0.596. The van der Waals surface area contributed by atoms with Crippen molar-refractivity contribution in [1.82, 2.24) is 14.8 Å². The quantitative estimate of drug-likeness (QED) is 0.319. The van der Waals surface area contributed by atoms with Crippen LogP contribution >= 0.6 is 34.5 Å². The maximum atomic E-state index is 12.6. The number of nitriles is 1. The lowest BCUT2D eigenvalue weighted by atomic mass is 10.2. The number of amides is 1. The Morgan fingerprint density at radius 1 is 1.20 bits per heavy atom. The molecule has 0 fully saturated rings. The van der Waals surface area contributed by atoms with Crippen molar-refractivity contribution in [3.8, 4) is 22.5 Å². The van der Waals surface area contributed by atoms with E-state index in [1.807, 2.05) is 6.07 Å². The number of furan rings is 1. The van der Waals surface area contributed by atoms with Gasteiger partial charge in [-0.2, -0.15) is 5.26 Å². The topological polar surface area (TPSA) is 96.7 Å². The summed E-state index contributed by atoms with van der Waals surface area (Å²) in [7, 11) is 0. The monoisotopic (exact) mass is 455 g/mol. The van der Waals surface area contributed by atoms with Crippen molar-refractivity contribution in [2.24, 2.45) is 0 Å². The van der Waals surface area contributed by atoms with E-state index in [2.05, 4.69) is 15.5 Å². The maximum Gasteiger partial charge on any atom is 0.268 e. The fraction of sp³-hybridized carbons (Fsp3) is 0. The highest BCUT2D eigenvalue weighted by Gasteiger charge is 2.15. The van der Waals surface area contributed by atoms with Crippen molar-refractivity contribution in [2.75, 3.05) is 5.32 Å². The molecule has 30 heavy (non-hydrogen) atoms. The summed E-state index contributed by atoms with van der Waals surface area (Å²) in [6.07, 6.45) is 4.79. The Bertz CT molecular complexity index is 1280. The normalized spacial score (nSPS) is 11.3. The average molecular weight is 456 g/mol. The summed E-state index contributed by atoms with van der Waals surface area (Å²) >= 11 is 13.2. The van der Waals surface area contributed by atoms with Crippen molar-refractivity contribution in [3.05, 3.63) is 76.2 Å². The van der Waals surface area contributed by atoms with E-state index in [4.69, 9.17) is 27.6 Å². The maximum absolute atomic E-state index is 12.6. The molecule has 3 heterocycles. The van der Waals surface area contributed by atoms with E-state index in [1.54, 1.807) is 53.2 Å². The Morgan fingerprint density at radius 3 is 2.80 bits per heavy atom. The summed E-state index contributed by atoms with van der Waals surface area (Å²) in [5.74, 6) is -0.0509. The first-order chi connectivity index (χ1) is 14.5. The Labute approximate surface area is 184 Å². The molecule has 0 bridgehead atoms. The van der Waals surface area contributed by atoms with Crippen LogP contribution in [0.15, 0.2) is 64.9 Å². The molecule has 0 radical (unpaired) electrons. The summed E-state index contributed by atoms with van der Waals surface area (Å²) in [5, 5.41) is 21.6. The molecule has 0 spiro atoms. The molecule has 0 saturated heterocycles. The van der Waals surface area contributed by atoms with Crippen LogP contribution in [-0.2, 0) is 4.79 Å². The van der Waals surface area contributed by atoms with E-state index in [-0.39, 0.29) is 10.7 Å². The number of rotatable bonds is 5. The number of aromatic nitrogens is 3. The smallest absolute Gasteiger partial charge is 0.268 e. The molecule has 0 aliphatic carbocycles. The standard InChI is InChI=1S/C20H11Cl2N5O2S/c21-15-6-5-14(10-16(15)22)27-7-1-3-13(27)9-12(11-23)18(28)24-20-26-25-19(30-20)17-4-2-8-29-17/h1-10H,(H,24,26,28)/b12-9-. The molecule has 7 nitrogen and oxygen atoms in total. The van der Waals surface area contributed by atoms with Gasteiger partial charge in [0.05, 0.1) is 16.3 Å². The third-order valence-electron chi connectivity index (χ3n) is 4.00. The van der Waals surface area contributed by atoms with Crippen molar-refractivity contribution in [3.63, 3.8) is 0 Å². The van der Waals surface area contributed by atoms with Crippen LogP contribution in [0, 0.1) is 11.3 Å². The van der Waals surface area contributed by atoms with Crippen LogP contribution in [0.5, 0.6) is 0 Å². The fourth-order valence-electron chi connectivity index (χ4n) is 2.62. The highest BCUT2D eigenvalue weighted by Crippen LogP contribution is 2.28. The molecule has 1 amide bonds. The number of nitrogens with one attached hydrogen (secondary N) is 1. The van der Waals surface area contributed by atoms with Crippen LogP contribution in [0.25, 0.3) is 22.5 Å². The van der Waals surface area contributed by atoms with Gasteiger partial charge in [0.1, 0.15) is 11.6 Å². The Kier molecular flexibility index (Phi) is 5.68. The second kappa shape index (κ2) is 8.55. The van der Waals surface area contributed by atoms with E-state index in [9.17, 15) is 10.1 Å². The third-order valence-corrected chi connectivity index (χ3v) is 5.59. The zero-order valence-electron chi connectivity index (χ0n) is 15.0. The van der Waals surface area contributed by atoms with E-state index in [1.165, 1.54) is 12.3 Å². The molecule has 4 aromatic rings. The zero-order chi connectivity index (χ0) is 21.1. The molecule has 0 saturated carbocycles. The van der Waals surface area contributed by atoms with E-state index < -0.39 is 5.91 Å². The second-order valence-corrected chi connectivity index (χ2v) is 7.71. The van der Waals surface area contributed by atoms with E-state index in [0.29, 0.717) is 26.5 Å². The fourth-order valence-corrected chi connectivity index (χ4v) is 3.62. The summed E-state index contributed by atoms with van der Waals surface area (Å²) in [5.41, 5.74) is 1.27. The van der Waals surface area contributed by atoms with Crippen LogP contribution in [0.1, 0.15) is 5.69 Å². The van der Waals surface area contributed by atoms with Crippen LogP contribution in [0.2, 0.25) is 10.0 Å². The number of anilines is 1. The summed E-state index contributed by atoms with van der Waals surface area (Å²) in [4.78, 5) is 12.6. The number of benzene rings is 1. The Balaban J connectivity index is 1.57. The number of hydrogen-bond donors (Lipinski definition) is 1. The SMILES string of the molecule is N#C/C(=C/c1cccn1-c1ccc(Cl)c(Cl)c1)C(=O)Nc1nnc(-c2ccco2)s1. The van der Waals surface area contributed by atoms with Crippen LogP contribution in [-0.4, -0.2) is 20.7 Å². The Hall–Kier alpha value is -3.38. The highest BCUT2D eigenvalue weighted by molar-refractivity contribution is 7.18. The zero-order valence-corrected chi connectivity index (χ0v) is 17.4. The molecule has 10 heteroatoms. The molecule has 0 atom stereocenters. The van der Waals surface area contributed by atoms with Crippen LogP contribution in [0.4, 0.5) is 5.13 Å². The van der Waals surface area contributed by atoms with Crippen molar-refractivity contribution in [1.29, 1.82) is 5.26 Å². The molecular weight excluding hydrogens is 445 g/mol. The van der Waals surface area contributed by atoms with Crippen molar-refractivity contribution < 1.29 is 9.21 Å². The number of carbonyl (C=O) groups is 1. The summed E-state index contributed by atoms with van der Waals surface area (Å²) < 4.78 is 7.04. The highest BCUT2D eigenvalue weighted by atomic mass is 35.5. The summed E-state index contributed by atoms with van der Waals surface area (Å²) in [6, 6.07) is 14.1. The average Bonchev–Trinajstić information content (AvgIpc) is 3.49. The first-order valence-corrected chi connectivity index (χ1v) is 10.1. The largest absolute Gasteiger partial charge is 0.462 e. The van der Waals surface area contributed by atoms with Gasteiger partial charge in [0.15, 0.2) is 10.8 Å². The lowest BCUT2D eigenvalue weighted by molar-refractivity contribution is -0.112. The first-order valence-electron chi connectivity index (χ1n) is 8.48. The summed E-state index contributed by atoms with van der Waals surface area (Å²) in [6.45, 7) is 0. The van der Waals surface area contributed by atoms with Gasteiger partial charge < -0.3 is 8.98 Å². The van der Waals surface area contributed by atoms with Crippen molar-refractivity contribution >= 4 is 51.7 Å². The molecule has 0 aliphatic heterocycles. The van der Waals surface area contributed by atoms with Gasteiger partial charge in [-0.1, -0.05) is 34.5 Å². The lowest BCUT2D eigenvalue weighted by Gasteiger charge is -2.08. The third kappa shape index (κ3) is 4.14. The predicted molar refractivity (Wildman–Crippen MR) is 116 cm³/mol. The minimum absolute atomic E-state index is 0.0928. The molecule has 1 N–H and O–H groups in total. The van der Waals surface area contributed by atoms with Gasteiger partial charge in [-0.3, -0.25) is 10.1 Å². The van der Waals surface area contributed by atoms with Gasteiger partial charge in [0.2, 0.25) is 5.13 Å². The minimum Gasteiger partial charge on any atom is -0.462 e. The van der Waals surface area contributed by atoms with E-state index in [0.717, 1.165) is 17.0 Å². The van der Waals surface area contributed by atoms with Gasteiger partial charge in [-0.05, 0) is 48.5 Å². The molecular formula is C20H11Cl2N5O2S. The van der Waals surface area contributed by atoms with Crippen LogP contribution < -0.4 is 5.32 Å².